The Labute approximate surface area is 168 Å². The molecule has 0 radical (unpaired) electrons. The van der Waals surface area contributed by atoms with Crippen LogP contribution in [0.2, 0.25) is 0 Å². The molecule has 1 amide bonds. The summed E-state index contributed by atoms with van der Waals surface area (Å²) in [5, 5.41) is 0. The van der Waals surface area contributed by atoms with Gasteiger partial charge >= 0.3 is 0 Å². The molecule has 4 rings (SSSR count). The average Bonchev–Trinajstić information content (AvgIpc) is 3.17. The first-order valence-electron chi connectivity index (χ1n) is 10.6. The molecule has 0 saturated carbocycles. The van der Waals surface area contributed by atoms with Crippen LogP contribution in [0, 0.1) is 5.92 Å². The van der Waals surface area contributed by atoms with Crippen LogP contribution in [0.5, 0.6) is 0 Å². The summed E-state index contributed by atoms with van der Waals surface area (Å²) in [4.78, 5) is 21.1. The molecule has 2 aromatic rings. The summed E-state index contributed by atoms with van der Waals surface area (Å²) in [6.07, 6.45) is 6.58. The largest absolute Gasteiger partial charge is 0.370 e. The minimum Gasteiger partial charge on any atom is -0.370 e. The number of pyridine rings is 1. The minimum absolute atomic E-state index is 0.329. The van der Waals surface area contributed by atoms with Crippen LogP contribution in [0.4, 0.5) is 5.69 Å². The maximum absolute atomic E-state index is 12.4. The Morgan fingerprint density at radius 1 is 1.07 bits per heavy atom. The van der Waals surface area contributed by atoms with Gasteiger partial charge in [0.1, 0.15) is 0 Å². The van der Waals surface area contributed by atoms with Crippen LogP contribution in [-0.4, -0.2) is 42.0 Å². The summed E-state index contributed by atoms with van der Waals surface area (Å²) >= 11 is 0. The SMILES string of the molecule is CC(C)CCC(=O)N1CCC(c2ccc(N3CC(c4cccnc4)C3)cc2)C1. The maximum atomic E-state index is 12.4. The highest BCUT2D eigenvalue weighted by atomic mass is 16.2. The second kappa shape index (κ2) is 8.34. The van der Waals surface area contributed by atoms with Crippen LogP contribution < -0.4 is 4.90 Å². The zero-order chi connectivity index (χ0) is 19.5. The molecular weight excluding hydrogens is 346 g/mol. The monoisotopic (exact) mass is 377 g/mol. The number of amides is 1. The summed E-state index contributed by atoms with van der Waals surface area (Å²) in [6.45, 7) is 8.27. The normalized spacial score (nSPS) is 19.9. The lowest BCUT2D eigenvalue weighted by Crippen LogP contribution is -2.45. The number of aromatic nitrogens is 1. The molecule has 4 nitrogen and oxygen atoms in total. The lowest BCUT2D eigenvalue weighted by atomic mass is 9.91. The number of hydrogen-bond acceptors (Lipinski definition) is 3. The van der Waals surface area contributed by atoms with Crippen molar-refractivity contribution in [2.24, 2.45) is 5.92 Å². The van der Waals surface area contributed by atoms with E-state index in [4.69, 9.17) is 0 Å². The molecule has 0 N–H and O–H groups in total. The predicted molar refractivity (Wildman–Crippen MR) is 114 cm³/mol. The second-order valence-electron chi connectivity index (χ2n) is 8.74. The molecule has 3 heterocycles. The van der Waals surface area contributed by atoms with Crippen molar-refractivity contribution in [1.82, 2.24) is 9.88 Å². The molecule has 0 bridgehead atoms. The first-order chi connectivity index (χ1) is 13.6. The van der Waals surface area contributed by atoms with E-state index in [0.29, 0.717) is 30.1 Å². The molecule has 0 aliphatic carbocycles. The third-order valence-corrected chi connectivity index (χ3v) is 6.24. The third kappa shape index (κ3) is 4.21. The number of nitrogens with zero attached hydrogens (tertiary/aromatic N) is 3. The molecule has 1 aromatic heterocycles. The number of anilines is 1. The van der Waals surface area contributed by atoms with E-state index in [9.17, 15) is 4.79 Å². The fourth-order valence-corrected chi connectivity index (χ4v) is 4.30. The van der Waals surface area contributed by atoms with Crippen molar-refractivity contribution in [3.05, 3.63) is 59.9 Å². The fraction of sp³-hybridized carbons (Fsp3) is 0.500. The van der Waals surface area contributed by atoms with E-state index < -0.39 is 0 Å². The number of hydrogen-bond donors (Lipinski definition) is 0. The highest BCUT2D eigenvalue weighted by Crippen LogP contribution is 2.33. The van der Waals surface area contributed by atoms with Crippen LogP contribution in [0.25, 0.3) is 0 Å². The van der Waals surface area contributed by atoms with Gasteiger partial charge < -0.3 is 9.80 Å². The smallest absolute Gasteiger partial charge is 0.222 e. The van der Waals surface area contributed by atoms with Crippen LogP contribution in [-0.2, 0) is 4.79 Å². The van der Waals surface area contributed by atoms with Gasteiger partial charge in [-0.2, -0.15) is 0 Å². The lowest BCUT2D eigenvalue weighted by Gasteiger charge is -2.41. The van der Waals surface area contributed by atoms with E-state index in [-0.39, 0.29) is 0 Å². The Kier molecular flexibility index (Phi) is 5.65. The molecule has 28 heavy (non-hydrogen) atoms. The summed E-state index contributed by atoms with van der Waals surface area (Å²) in [6, 6.07) is 13.2. The zero-order valence-corrected chi connectivity index (χ0v) is 17.1. The van der Waals surface area contributed by atoms with Gasteiger partial charge in [-0.15, -0.1) is 0 Å². The van der Waals surface area contributed by atoms with Gasteiger partial charge in [-0.05, 0) is 48.1 Å². The van der Waals surface area contributed by atoms with Crippen molar-refractivity contribution in [2.45, 2.75) is 44.9 Å². The van der Waals surface area contributed by atoms with Crippen molar-refractivity contribution < 1.29 is 4.79 Å². The standard InChI is InChI=1S/C24H31N3O/c1-18(2)5-10-24(28)26-13-11-21(15-26)19-6-8-23(9-7-19)27-16-22(17-27)20-4-3-12-25-14-20/h3-4,6-9,12,14,18,21-22H,5,10-11,13,15-17H2,1-2H3. The summed E-state index contributed by atoms with van der Waals surface area (Å²) in [5.41, 5.74) is 4.00. The van der Waals surface area contributed by atoms with Gasteiger partial charge in [-0.25, -0.2) is 0 Å². The van der Waals surface area contributed by atoms with Crippen LogP contribution >= 0.6 is 0 Å². The van der Waals surface area contributed by atoms with Gasteiger partial charge in [0.15, 0.2) is 0 Å². The number of carbonyl (C=O) groups is 1. The Morgan fingerprint density at radius 3 is 2.54 bits per heavy atom. The number of benzene rings is 1. The predicted octanol–water partition coefficient (Wildman–Crippen LogP) is 4.44. The van der Waals surface area contributed by atoms with Gasteiger partial charge in [-0.3, -0.25) is 9.78 Å². The van der Waals surface area contributed by atoms with E-state index in [0.717, 1.165) is 39.0 Å². The van der Waals surface area contributed by atoms with E-state index in [1.165, 1.54) is 16.8 Å². The summed E-state index contributed by atoms with van der Waals surface area (Å²) in [7, 11) is 0. The fourth-order valence-electron chi connectivity index (χ4n) is 4.30. The van der Waals surface area contributed by atoms with Crippen molar-refractivity contribution in [3.63, 3.8) is 0 Å². The van der Waals surface area contributed by atoms with Crippen molar-refractivity contribution >= 4 is 11.6 Å². The molecule has 2 aliphatic rings. The van der Waals surface area contributed by atoms with Gasteiger partial charge in [0.2, 0.25) is 5.91 Å². The molecule has 148 valence electrons. The summed E-state index contributed by atoms with van der Waals surface area (Å²) < 4.78 is 0. The van der Waals surface area contributed by atoms with E-state index in [1.807, 2.05) is 18.5 Å². The number of carbonyl (C=O) groups excluding carboxylic acids is 1. The first kappa shape index (κ1) is 19.0. The Morgan fingerprint density at radius 2 is 1.86 bits per heavy atom. The molecule has 0 spiro atoms. The minimum atomic E-state index is 0.329. The van der Waals surface area contributed by atoms with Crippen LogP contribution in [0.3, 0.4) is 0 Å². The molecule has 4 heteroatoms. The van der Waals surface area contributed by atoms with Crippen molar-refractivity contribution in [3.8, 4) is 0 Å². The van der Waals surface area contributed by atoms with Gasteiger partial charge in [-0.1, -0.05) is 32.0 Å². The molecule has 2 aliphatic heterocycles. The van der Waals surface area contributed by atoms with Gasteiger partial charge in [0, 0.05) is 62.5 Å². The van der Waals surface area contributed by atoms with Crippen LogP contribution in [0.15, 0.2) is 48.8 Å². The molecule has 2 saturated heterocycles. The van der Waals surface area contributed by atoms with Crippen LogP contribution in [0.1, 0.15) is 56.1 Å². The molecule has 1 atom stereocenters. The quantitative estimate of drug-likeness (QED) is 0.747. The highest BCUT2D eigenvalue weighted by Gasteiger charge is 2.29. The highest BCUT2D eigenvalue weighted by molar-refractivity contribution is 5.76. The topological polar surface area (TPSA) is 36.4 Å². The van der Waals surface area contributed by atoms with Gasteiger partial charge in [0.05, 0.1) is 0 Å². The molecule has 2 fully saturated rings. The lowest BCUT2D eigenvalue weighted by molar-refractivity contribution is -0.130. The Hall–Kier alpha value is -2.36. The average molecular weight is 378 g/mol. The third-order valence-electron chi connectivity index (χ3n) is 6.24. The second-order valence-corrected chi connectivity index (χ2v) is 8.74. The van der Waals surface area contributed by atoms with E-state index in [2.05, 4.69) is 59.0 Å². The summed E-state index contributed by atoms with van der Waals surface area (Å²) in [5.74, 6) is 1.99. The number of rotatable bonds is 6. The maximum Gasteiger partial charge on any atom is 0.222 e. The van der Waals surface area contributed by atoms with Gasteiger partial charge in [0.25, 0.3) is 0 Å². The molecule has 1 aromatic carbocycles. The van der Waals surface area contributed by atoms with Crippen molar-refractivity contribution in [2.75, 3.05) is 31.1 Å². The first-order valence-corrected chi connectivity index (χ1v) is 10.6. The van der Waals surface area contributed by atoms with Crippen molar-refractivity contribution in [1.29, 1.82) is 0 Å². The zero-order valence-electron chi connectivity index (χ0n) is 17.1. The molecular formula is C24H31N3O. The molecule has 1 unspecified atom stereocenters. The Bertz CT molecular complexity index is 781. The van der Waals surface area contributed by atoms with E-state index >= 15 is 0 Å². The number of likely N-dealkylation sites (tertiary alicyclic amines) is 1. The Balaban J connectivity index is 1.29. The van der Waals surface area contributed by atoms with E-state index in [1.54, 1.807) is 0 Å².